The van der Waals surface area contributed by atoms with Crippen molar-refractivity contribution in [2.24, 2.45) is 5.92 Å². The van der Waals surface area contributed by atoms with Crippen LogP contribution in [-0.2, 0) is 0 Å². The molecule has 0 aliphatic heterocycles. The smallest absolute Gasteiger partial charge is 0.101 e. The quantitative estimate of drug-likeness (QED) is 0.861. The molecule has 0 radical (unpaired) electrons. The predicted molar refractivity (Wildman–Crippen MR) is 75.8 cm³/mol. The van der Waals surface area contributed by atoms with Gasteiger partial charge in [0.15, 0.2) is 0 Å². The molecule has 0 heterocycles. The summed E-state index contributed by atoms with van der Waals surface area (Å²) in [4.78, 5) is 0. The average Bonchev–Trinajstić information content (AvgIpc) is 2.40. The zero-order chi connectivity index (χ0) is 12.8. The first kappa shape index (κ1) is 13.2. The van der Waals surface area contributed by atoms with Crippen LogP contribution in [0, 0.1) is 17.2 Å². The number of hydrogen-bond donors (Lipinski definition) is 1. The van der Waals surface area contributed by atoms with Crippen molar-refractivity contribution in [3.05, 3.63) is 28.8 Å². The van der Waals surface area contributed by atoms with E-state index in [1.165, 1.54) is 38.5 Å². The van der Waals surface area contributed by atoms with Gasteiger partial charge in [-0.2, -0.15) is 5.26 Å². The van der Waals surface area contributed by atoms with E-state index in [0.29, 0.717) is 10.6 Å². The molecule has 1 aliphatic carbocycles. The van der Waals surface area contributed by atoms with Crippen LogP contribution < -0.4 is 5.32 Å². The number of halogens is 1. The summed E-state index contributed by atoms with van der Waals surface area (Å²) in [5.41, 5.74) is 1.55. The Morgan fingerprint density at radius 2 is 2.06 bits per heavy atom. The van der Waals surface area contributed by atoms with E-state index in [0.717, 1.165) is 18.2 Å². The van der Waals surface area contributed by atoms with Crippen molar-refractivity contribution < 1.29 is 0 Å². The molecule has 1 N–H and O–H groups in total. The summed E-state index contributed by atoms with van der Waals surface area (Å²) in [6.07, 6.45) is 8.21. The molecule has 2 rings (SSSR count). The van der Waals surface area contributed by atoms with E-state index < -0.39 is 0 Å². The van der Waals surface area contributed by atoms with Gasteiger partial charge < -0.3 is 5.32 Å². The molecule has 0 spiro atoms. The second-order valence-corrected chi connectivity index (χ2v) is 5.43. The second kappa shape index (κ2) is 6.66. The third-order valence-electron chi connectivity index (χ3n) is 3.70. The summed E-state index contributed by atoms with van der Waals surface area (Å²) in [6.45, 7) is 0.993. The maximum atomic E-state index is 8.80. The number of hydrogen-bond acceptors (Lipinski definition) is 2. The first-order valence-corrected chi connectivity index (χ1v) is 7.11. The van der Waals surface area contributed by atoms with E-state index in [4.69, 9.17) is 16.9 Å². The Kier molecular flexibility index (Phi) is 4.90. The minimum atomic E-state index is 0.528. The predicted octanol–water partition coefficient (Wildman–Crippen LogP) is 4.59. The molecule has 1 aromatic carbocycles. The Bertz CT molecular complexity index is 431. The molecule has 1 fully saturated rings. The van der Waals surface area contributed by atoms with Crippen LogP contribution >= 0.6 is 11.6 Å². The topological polar surface area (TPSA) is 35.8 Å². The van der Waals surface area contributed by atoms with Crippen LogP contribution in [-0.4, -0.2) is 6.54 Å². The van der Waals surface area contributed by atoms with E-state index >= 15 is 0 Å². The standard InChI is InChI=1S/C15H19ClN2/c16-15-10-14(7-6-13(15)11-17)18-9-8-12-4-2-1-3-5-12/h6-7,10,12,18H,1-5,8-9H2. The highest BCUT2D eigenvalue weighted by molar-refractivity contribution is 6.32. The second-order valence-electron chi connectivity index (χ2n) is 5.03. The summed E-state index contributed by atoms with van der Waals surface area (Å²) in [5, 5.41) is 12.7. The third kappa shape index (κ3) is 3.65. The van der Waals surface area contributed by atoms with Crippen LogP contribution in [0.1, 0.15) is 44.1 Å². The van der Waals surface area contributed by atoms with Gasteiger partial charge >= 0.3 is 0 Å². The molecule has 2 nitrogen and oxygen atoms in total. The van der Waals surface area contributed by atoms with E-state index in [1.807, 2.05) is 12.1 Å². The minimum Gasteiger partial charge on any atom is -0.385 e. The van der Waals surface area contributed by atoms with Crippen LogP contribution in [0.5, 0.6) is 0 Å². The summed E-state index contributed by atoms with van der Waals surface area (Å²) >= 11 is 5.99. The molecule has 0 bridgehead atoms. The number of rotatable bonds is 4. The summed E-state index contributed by atoms with van der Waals surface area (Å²) in [6, 6.07) is 7.60. The lowest BCUT2D eigenvalue weighted by Gasteiger charge is -2.21. The minimum absolute atomic E-state index is 0.528. The number of nitrogens with zero attached hydrogens (tertiary/aromatic N) is 1. The maximum Gasteiger partial charge on any atom is 0.101 e. The van der Waals surface area contributed by atoms with Crippen molar-refractivity contribution in [2.75, 3.05) is 11.9 Å². The van der Waals surface area contributed by atoms with Crippen molar-refractivity contribution in [1.82, 2.24) is 0 Å². The van der Waals surface area contributed by atoms with Gasteiger partial charge in [0.2, 0.25) is 0 Å². The molecule has 0 saturated heterocycles. The highest BCUT2D eigenvalue weighted by Crippen LogP contribution is 2.26. The molecular weight excluding hydrogens is 244 g/mol. The number of nitrogens with one attached hydrogen (secondary N) is 1. The van der Waals surface area contributed by atoms with Crippen LogP contribution in [0.3, 0.4) is 0 Å². The van der Waals surface area contributed by atoms with Crippen molar-refractivity contribution in [3.8, 4) is 6.07 Å². The van der Waals surface area contributed by atoms with E-state index in [9.17, 15) is 0 Å². The largest absolute Gasteiger partial charge is 0.385 e. The van der Waals surface area contributed by atoms with Crippen LogP contribution in [0.15, 0.2) is 18.2 Å². The molecule has 18 heavy (non-hydrogen) atoms. The fraction of sp³-hybridized carbons (Fsp3) is 0.533. The SMILES string of the molecule is N#Cc1ccc(NCCC2CCCCC2)cc1Cl. The summed E-state index contributed by atoms with van der Waals surface area (Å²) in [5.74, 6) is 0.889. The molecule has 0 unspecified atom stereocenters. The molecule has 0 aromatic heterocycles. The number of nitriles is 1. The van der Waals surface area contributed by atoms with E-state index in [2.05, 4.69) is 11.4 Å². The molecular formula is C15H19ClN2. The van der Waals surface area contributed by atoms with Gasteiger partial charge in [-0.3, -0.25) is 0 Å². The molecule has 1 aromatic rings. The average molecular weight is 263 g/mol. The van der Waals surface area contributed by atoms with Gasteiger partial charge in [0, 0.05) is 12.2 Å². The van der Waals surface area contributed by atoms with Gasteiger partial charge in [-0.25, -0.2) is 0 Å². The van der Waals surface area contributed by atoms with Crippen molar-refractivity contribution in [3.63, 3.8) is 0 Å². The van der Waals surface area contributed by atoms with Gasteiger partial charge in [-0.1, -0.05) is 43.7 Å². The molecule has 0 amide bonds. The first-order chi connectivity index (χ1) is 8.79. The molecule has 1 aliphatic rings. The fourth-order valence-electron chi connectivity index (χ4n) is 2.61. The van der Waals surface area contributed by atoms with Gasteiger partial charge in [-0.15, -0.1) is 0 Å². The van der Waals surface area contributed by atoms with Crippen molar-refractivity contribution in [2.45, 2.75) is 38.5 Å². The van der Waals surface area contributed by atoms with Gasteiger partial charge in [0.25, 0.3) is 0 Å². The summed E-state index contributed by atoms with van der Waals surface area (Å²) < 4.78 is 0. The fourth-order valence-corrected chi connectivity index (χ4v) is 2.83. The Morgan fingerprint density at radius 1 is 1.28 bits per heavy atom. The Balaban J connectivity index is 1.79. The lowest BCUT2D eigenvalue weighted by atomic mass is 9.87. The maximum absolute atomic E-state index is 8.80. The van der Waals surface area contributed by atoms with Crippen LogP contribution in [0.2, 0.25) is 5.02 Å². The Labute approximate surface area is 114 Å². The first-order valence-electron chi connectivity index (χ1n) is 6.73. The molecule has 3 heteroatoms. The van der Waals surface area contributed by atoms with E-state index in [1.54, 1.807) is 6.07 Å². The molecule has 1 saturated carbocycles. The van der Waals surface area contributed by atoms with E-state index in [-0.39, 0.29) is 0 Å². The lowest BCUT2D eigenvalue weighted by Crippen LogP contribution is -2.12. The molecule has 96 valence electrons. The van der Waals surface area contributed by atoms with Crippen molar-refractivity contribution in [1.29, 1.82) is 5.26 Å². The van der Waals surface area contributed by atoms with Crippen molar-refractivity contribution >= 4 is 17.3 Å². The van der Waals surface area contributed by atoms with Crippen LogP contribution in [0.4, 0.5) is 5.69 Å². The van der Waals surface area contributed by atoms with Crippen LogP contribution in [0.25, 0.3) is 0 Å². The highest BCUT2D eigenvalue weighted by Gasteiger charge is 2.12. The third-order valence-corrected chi connectivity index (χ3v) is 4.01. The lowest BCUT2D eigenvalue weighted by molar-refractivity contribution is 0.345. The monoisotopic (exact) mass is 262 g/mol. The van der Waals surface area contributed by atoms with Gasteiger partial charge in [-0.05, 0) is 30.5 Å². The zero-order valence-corrected chi connectivity index (χ0v) is 11.3. The number of benzene rings is 1. The number of anilines is 1. The normalized spacial score (nSPS) is 16.2. The summed E-state index contributed by atoms with van der Waals surface area (Å²) in [7, 11) is 0. The Morgan fingerprint density at radius 3 is 2.72 bits per heavy atom. The van der Waals surface area contributed by atoms with Gasteiger partial charge in [0.05, 0.1) is 10.6 Å². The zero-order valence-electron chi connectivity index (χ0n) is 10.6. The molecule has 0 atom stereocenters. The Hall–Kier alpha value is -1.20. The van der Waals surface area contributed by atoms with Gasteiger partial charge in [0.1, 0.15) is 6.07 Å². The highest BCUT2D eigenvalue weighted by atomic mass is 35.5.